The van der Waals surface area contributed by atoms with Crippen molar-refractivity contribution < 1.29 is 18.4 Å². The summed E-state index contributed by atoms with van der Waals surface area (Å²) in [7, 11) is 5.12. The van der Waals surface area contributed by atoms with E-state index in [9.17, 15) is 9.59 Å². The number of rotatable bonds is 6. The molecule has 13 nitrogen and oxygen atoms in total. The zero-order valence-corrected chi connectivity index (χ0v) is 19.6. The molecule has 1 fully saturated rings. The fraction of sp³-hybridized carbons (Fsp3) is 0.409. The van der Waals surface area contributed by atoms with E-state index in [1.54, 1.807) is 7.05 Å². The summed E-state index contributed by atoms with van der Waals surface area (Å²) in [6.07, 6.45) is 3.09. The number of hydrogen-bond acceptors (Lipinski definition) is 10. The summed E-state index contributed by atoms with van der Waals surface area (Å²) in [6, 6.07) is 1.24. The number of fused-ring (bicyclic) bond motifs is 3. The van der Waals surface area contributed by atoms with Crippen LogP contribution in [0.25, 0.3) is 11.3 Å². The number of methoxy groups -OCH3 is 1. The van der Waals surface area contributed by atoms with Gasteiger partial charge in [-0.25, -0.2) is 4.98 Å². The van der Waals surface area contributed by atoms with Crippen molar-refractivity contribution in [3.05, 3.63) is 23.7 Å². The minimum absolute atomic E-state index is 0.0849. The Balaban J connectivity index is 1.61. The summed E-state index contributed by atoms with van der Waals surface area (Å²) >= 11 is 0. The highest BCUT2D eigenvalue weighted by Gasteiger charge is 2.35. The molecule has 13 heteroatoms. The van der Waals surface area contributed by atoms with Gasteiger partial charge in [-0.1, -0.05) is 0 Å². The molecule has 3 N–H and O–H groups in total. The Morgan fingerprint density at radius 1 is 1.23 bits per heavy atom. The van der Waals surface area contributed by atoms with Gasteiger partial charge in [-0.05, 0) is 19.8 Å². The van der Waals surface area contributed by atoms with Crippen LogP contribution in [0.3, 0.4) is 0 Å². The van der Waals surface area contributed by atoms with Crippen molar-refractivity contribution in [1.29, 1.82) is 0 Å². The second kappa shape index (κ2) is 8.49. The van der Waals surface area contributed by atoms with Gasteiger partial charge in [-0.2, -0.15) is 15.0 Å². The van der Waals surface area contributed by atoms with Crippen LogP contribution in [0.15, 0.2) is 12.3 Å². The van der Waals surface area contributed by atoms with Crippen LogP contribution in [0.1, 0.15) is 46.1 Å². The first-order chi connectivity index (χ1) is 18.0. The van der Waals surface area contributed by atoms with E-state index in [0.29, 0.717) is 28.5 Å². The molecule has 0 spiro atoms. The summed E-state index contributed by atoms with van der Waals surface area (Å²) in [6.45, 7) is -0.779. The van der Waals surface area contributed by atoms with Crippen LogP contribution in [-0.2, 0) is 11.8 Å². The number of aromatic nitrogens is 6. The third kappa shape index (κ3) is 3.88. The Hall–Kier alpha value is -4.29. The van der Waals surface area contributed by atoms with Gasteiger partial charge < -0.3 is 25.6 Å². The molecule has 4 heterocycles. The molecule has 182 valence electrons. The van der Waals surface area contributed by atoms with Crippen LogP contribution < -0.4 is 25.6 Å². The van der Waals surface area contributed by atoms with Crippen molar-refractivity contribution in [3.63, 3.8) is 0 Å². The first-order valence-electron chi connectivity index (χ1n) is 12.5. The lowest BCUT2D eigenvalue weighted by atomic mass is 9.98. The Bertz CT molecular complexity index is 1440. The molecule has 5 rings (SSSR count). The molecule has 1 aliphatic carbocycles. The van der Waals surface area contributed by atoms with Crippen LogP contribution >= 0.6 is 0 Å². The number of anilines is 4. The van der Waals surface area contributed by atoms with Crippen LogP contribution in [0.5, 0.6) is 5.75 Å². The molecule has 0 saturated heterocycles. The largest absolute Gasteiger partial charge is 0.494 e. The van der Waals surface area contributed by atoms with Gasteiger partial charge in [-0.3, -0.25) is 9.59 Å². The summed E-state index contributed by atoms with van der Waals surface area (Å²) in [5.74, 6) is -0.360. The van der Waals surface area contributed by atoms with E-state index in [0.717, 1.165) is 18.5 Å². The maximum absolute atomic E-state index is 12.8. The zero-order chi connectivity index (χ0) is 27.4. The van der Waals surface area contributed by atoms with Crippen molar-refractivity contribution in [2.45, 2.75) is 25.8 Å². The van der Waals surface area contributed by atoms with Crippen LogP contribution in [0, 0.1) is 5.92 Å². The number of nitrogens with zero attached hydrogens (tertiary/aromatic N) is 7. The molecule has 1 atom stereocenters. The Morgan fingerprint density at radius 2 is 2.03 bits per heavy atom. The van der Waals surface area contributed by atoms with Crippen molar-refractivity contribution in [2.24, 2.45) is 13.0 Å². The van der Waals surface area contributed by atoms with E-state index in [-0.39, 0.29) is 35.1 Å². The molecular formula is C22H26N10O3. The van der Waals surface area contributed by atoms with Crippen molar-refractivity contribution >= 4 is 34.8 Å². The second-order valence-electron chi connectivity index (χ2n) is 8.44. The molecule has 1 aliphatic heterocycles. The number of carbonyl (C=O) groups excluding carboxylic acids is 2. The molecule has 3 aromatic rings. The van der Waals surface area contributed by atoms with Crippen molar-refractivity contribution in [1.82, 2.24) is 35.5 Å². The van der Waals surface area contributed by atoms with E-state index in [1.807, 2.05) is 24.2 Å². The van der Waals surface area contributed by atoms with E-state index in [4.69, 9.17) is 8.85 Å². The first-order valence-corrected chi connectivity index (χ1v) is 11.0. The minimum atomic E-state index is -2.75. The van der Waals surface area contributed by atoms with Gasteiger partial charge >= 0.3 is 0 Å². The molecule has 2 aliphatic rings. The van der Waals surface area contributed by atoms with Gasteiger partial charge in [0.1, 0.15) is 17.1 Å². The average molecular weight is 482 g/mol. The molecule has 2 amide bonds. The summed E-state index contributed by atoms with van der Waals surface area (Å²) < 4.78 is 27.8. The molecule has 0 bridgehead atoms. The number of amides is 2. The Labute approximate surface area is 205 Å². The summed E-state index contributed by atoms with van der Waals surface area (Å²) in [4.78, 5) is 33.1. The molecular weight excluding hydrogens is 452 g/mol. The lowest BCUT2D eigenvalue weighted by molar-refractivity contribution is -0.117. The average Bonchev–Trinajstić information content (AvgIpc) is 3.62. The molecule has 1 saturated carbocycles. The highest BCUT2D eigenvalue weighted by atomic mass is 16.5. The fourth-order valence-corrected chi connectivity index (χ4v) is 4.04. The van der Waals surface area contributed by atoms with Gasteiger partial charge in [0, 0.05) is 37.2 Å². The number of nitrogens with one attached hydrogen (secondary N) is 3. The van der Waals surface area contributed by atoms with Crippen LogP contribution in [0.4, 0.5) is 23.0 Å². The van der Waals surface area contributed by atoms with Gasteiger partial charge in [0.05, 0.1) is 36.3 Å². The second-order valence-corrected chi connectivity index (χ2v) is 8.44. The van der Waals surface area contributed by atoms with E-state index in [1.165, 1.54) is 24.2 Å². The number of hydrogen-bond donors (Lipinski definition) is 3. The first kappa shape index (κ1) is 19.1. The monoisotopic (exact) mass is 481 g/mol. The highest BCUT2D eigenvalue weighted by molar-refractivity contribution is 6.01. The van der Waals surface area contributed by atoms with E-state index in [2.05, 4.69) is 36.0 Å². The molecule has 3 aromatic heterocycles. The smallest absolute Gasteiger partial charge is 0.273 e. The molecule has 0 radical (unpaired) electrons. The predicted octanol–water partition coefficient (Wildman–Crippen LogP) is 1.64. The lowest BCUT2D eigenvalue weighted by Gasteiger charge is -2.34. The Kier molecular flexibility index (Phi) is 4.62. The third-order valence-electron chi connectivity index (χ3n) is 6.12. The number of carbonyl (C=O) groups is 2. The standard InChI is InChI=1S/C22H26N10O3/c1-10-16-18(30-32(4)29-16)15-13(35-5)9-24-20(19(15)31(10)3)25-12-8-14(26-21(33)11-6-7-11)27-28-17(12)22(34)23-2/h8-11H,6-7H2,1-5H3,(H,23,34)(H2,24,25,26,27,33)/t10-/m0/s1/i2D3. The quantitative estimate of drug-likeness (QED) is 0.474. The topological polar surface area (TPSA) is 152 Å². The number of aryl methyl sites for hydroxylation is 1. The van der Waals surface area contributed by atoms with E-state index < -0.39 is 12.9 Å². The minimum Gasteiger partial charge on any atom is -0.494 e. The summed E-state index contributed by atoms with van der Waals surface area (Å²) in [5.41, 5.74) is 2.45. The summed E-state index contributed by atoms with van der Waals surface area (Å²) in [5, 5.41) is 24.6. The fourth-order valence-electron chi connectivity index (χ4n) is 4.04. The third-order valence-corrected chi connectivity index (χ3v) is 6.12. The molecule has 0 unspecified atom stereocenters. The van der Waals surface area contributed by atoms with Crippen molar-refractivity contribution in [2.75, 3.05) is 36.7 Å². The number of ether oxygens (including phenoxy) is 1. The maximum Gasteiger partial charge on any atom is 0.273 e. The lowest BCUT2D eigenvalue weighted by Crippen LogP contribution is -2.28. The molecule has 35 heavy (non-hydrogen) atoms. The maximum atomic E-state index is 12.8. The zero-order valence-electron chi connectivity index (χ0n) is 22.6. The SMILES string of the molecule is [2H]C([2H])([2H])NC(=O)c1nnc(NC(=O)C2CC2)cc1Nc1ncc(OC)c2c1N(C)[C@@H](C)c1nn(C)nc1-2. The van der Waals surface area contributed by atoms with Gasteiger partial charge in [0.25, 0.3) is 5.91 Å². The predicted molar refractivity (Wildman–Crippen MR) is 128 cm³/mol. The normalized spacial score (nSPS) is 17.9. The van der Waals surface area contributed by atoms with Crippen LogP contribution in [0.2, 0.25) is 0 Å². The number of pyridine rings is 1. The highest BCUT2D eigenvalue weighted by Crippen LogP contribution is 2.49. The van der Waals surface area contributed by atoms with Gasteiger partial charge in [-0.15, -0.1) is 10.2 Å². The van der Waals surface area contributed by atoms with Crippen molar-refractivity contribution in [3.8, 4) is 17.0 Å². The van der Waals surface area contributed by atoms with Crippen LogP contribution in [-0.4, -0.2) is 63.1 Å². The van der Waals surface area contributed by atoms with E-state index >= 15 is 0 Å². The van der Waals surface area contributed by atoms with Gasteiger partial charge in [0.15, 0.2) is 17.3 Å². The van der Waals surface area contributed by atoms with Gasteiger partial charge in [0.2, 0.25) is 5.91 Å². The Morgan fingerprint density at radius 3 is 2.74 bits per heavy atom. The molecule has 0 aromatic carbocycles.